The largest absolute Gasteiger partial charge is 0.466 e. The number of rotatable bonds is 3. The number of hydrogen-bond acceptors (Lipinski definition) is 2. The first-order valence-electron chi connectivity index (χ1n) is 5.76. The highest BCUT2D eigenvalue weighted by Gasteiger charge is 2.12. The third-order valence-corrected chi connectivity index (χ3v) is 3.07. The minimum Gasteiger partial charge on any atom is -0.466 e. The summed E-state index contributed by atoms with van der Waals surface area (Å²) in [6.07, 6.45) is 0. The predicted octanol–water partition coefficient (Wildman–Crippen LogP) is 3.62. The summed E-state index contributed by atoms with van der Waals surface area (Å²) in [6, 6.07) is 5.54. The smallest absolute Gasteiger partial charge is 0.253 e. The second kappa shape index (κ2) is 5.45. The summed E-state index contributed by atoms with van der Waals surface area (Å²) in [5.74, 6) is 0.746. The lowest BCUT2D eigenvalue weighted by atomic mass is 10.2. The molecular weight excluding hydrogens is 269 g/mol. The molecule has 0 aliphatic heterocycles. The molecule has 3 nitrogen and oxygen atoms in total. The summed E-state index contributed by atoms with van der Waals surface area (Å²) in [5.41, 5.74) is 1.16. The third-order valence-electron chi connectivity index (χ3n) is 2.76. The molecule has 2 rings (SSSR count). The number of benzene rings is 1. The quantitative estimate of drug-likeness (QED) is 0.934. The van der Waals surface area contributed by atoms with E-state index in [9.17, 15) is 9.18 Å². The van der Waals surface area contributed by atoms with Gasteiger partial charge in [0.25, 0.3) is 5.91 Å². The SMILES string of the molecule is Cc1cc(CNC(=O)c2ccc(F)cc2Cl)c(C)o1. The van der Waals surface area contributed by atoms with Crippen molar-refractivity contribution < 1.29 is 13.6 Å². The standard InChI is InChI=1S/C14H13ClFNO2/c1-8-5-10(9(2)19-8)7-17-14(18)12-4-3-11(16)6-13(12)15/h3-6H,7H2,1-2H3,(H,17,18). The van der Waals surface area contributed by atoms with Gasteiger partial charge in [0, 0.05) is 12.1 Å². The second-order valence-corrected chi connectivity index (χ2v) is 4.65. The number of furan rings is 1. The lowest BCUT2D eigenvalue weighted by molar-refractivity contribution is 0.0951. The molecule has 5 heteroatoms. The van der Waals surface area contributed by atoms with Crippen LogP contribution in [0.3, 0.4) is 0 Å². The van der Waals surface area contributed by atoms with E-state index in [0.717, 1.165) is 23.2 Å². The highest BCUT2D eigenvalue weighted by molar-refractivity contribution is 6.33. The summed E-state index contributed by atoms with van der Waals surface area (Å²) in [7, 11) is 0. The molecule has 0 saturated carbocycles. The highest BCUT2D eigenvalue weighted by atomic mass is 35.5. The predicted molar refractivity (Wildman–Crippen MR) is 70.8 cm³/mol. The zero-order valence-electron chi connectivity index (χ0n) is 10.6. The fourth-order valence-corrected chi connectivity index (χ4v) is 2.06. The molecule has 0 radical (unpaired) electrons. The van der Waals surface area contributed by atoms with Gasteiger partial charge in [-0.15, -0.1) is 0 Å². The first-order chi connectivity index (χ1) is 8.97. The Morgan fingerprint density at radius 1 is 1.37 bits per heavy atom. The van der Waals surface area contributed by atoms with Crippen LogP contribution < -0.4 is 5.32 Å². The summed E-state index contributed by atoms with van der Waals surface area (Å²) >= 11 is 5.82. The second-order valence-electron chi connectivity index (χ2n) is 4.25. The maximum Gasteiger partial charge on any atom is 0.253 e. The molecule has 0 aliphatic carbocycles. The average Bonchev–Trinajstić information content (AvgIpc) is 2.65. The van der Waals surface area contributed by atoms with E-state index in [1.165, 1.54) is 12.1 Å². The van der Waals surface area contributed by atoms with Gasteiger partial charge in [0.15, 0.2) is 0 Å². The summed E-state index contributed by atoms with van der Waals surface area (Å²) < 4.78 is 18.3. The Hall–Kier alpha value is -1.81. The van der Waals surface area contributed by atoms with E-state index in [1.54, 1.807) is 0 Å². The molecule has 1 aromatic heterocycles. The minimum absolute atomic E-state index is 0.0950. The zero-order chi connectivity index (χ0) is 14.0. The Morgan fingerprint density at radius 3 is 2.68 bits per heavy atom. The van der Waals surface area contributed by atoms with Crippen molar-refractivity contribution in [3.05, 3.63) is 57.8 Å². The molecule has 100 valence electrons. The molecule has 1 amide bonds. The van der Waals surface area contributed by atoms with Gasteiger partial charge in [0.2, 0.25) is 0 Å². The van der Waals surface area contributed by atoms with Crippen LogP contribution in [-0.4, -0.2) is 5.91 Å². The Morgan fingerprint density at radius 2 is 2.11 bits per heavy atom. The zero-order valence-corrected chi connectivity index (χ0v) is 11.3. The van der Waals surface area contributed by atoms with Crippen molar-refractivity contribution in [2.24, 2.45) is 0 Å². The summed E-state index contributed by atoms with van der Waals surface area (Å²) in [4.78, 5) is 11.9. The summed E-state index contributed by atoms with van der Waals surface area (Å²) in [6.45, 7) is 4.02. The number of carbonyl (C=O) groups is 1. The van der Waals surface area contributed by atoms with Crippen molar-refractivity contribution in [3.63, 3.8) is 0 Å². The number of nitrogens with one attached hydrogen (secondary N) is 1. The first kappa shape index (κ1) is 13.6. The number of aryl methyl sites for hydroxylation is 2. The van der Waals surface area contributed by atoms with E-state index < -0.39 is 5.82 Å². The van der Waals surface area contributed by atoms with Gasteiger partial charge >= 0.3 is 0 Å². The fourth-order valence-electron chi connectivity index (χ4n) is 1.80. The van der Waals surface area contributed by atoms with Crippen LogP contribution in [0.1, 0.15) is 27.4 Å². The number of halogens is 2. The van der Waals surface area contributed by atoms with Crippen LogP contribution in [0.4, 0.5) is 4.39 Å². The monoisotopic (exact) mass is 281 g/mol. The van der Waals surface area contributed by atoms with Gasteiger partial charge in [-0.3, -0.25) is 4.79 Å². The van der Waals surface area contributed by atoms with Crippen molar-refractivity contribution in [2.45, 2.75) is 20.4 Å². The van der Waals surface area contributed by atoms with Gasteiger partial charge in [-0.1, -0.05) is 11.6 Å². The van der Waals surface area contributed by atoms with E-state index in [4.69, 9.17) is 16.0 Å². The lowest BCUT2D eigenvalue weighted by Gasteiger charge is -2.06. The molecule has 0 bridgehead atoms. The van der Waals surface area contributed by atoms with E-state index in [2.05, 4.69) is 5.32 Å². The van der Waals surface area contributed by atoms with Gasteiger partial charge in [-0.25, -0.2) is 4.39 Å². The number of amides is 1. The van der Waals surface area contributed by atoms with Crippen molar-refractivity contribution >= 4 is 17.5 Å². The van der Waals surface area contributed by atoms with E-state index in [1.807, 2.05) is 19.9 Å². The van der Waals surface area contributed by atoms with E-state index in [0.29, 0.717) is 6.54 Å². The van der Waals surface area contributed by atoms with Gasteiger partial charge < -0.3 is 9.73 Å². The van der Waals surface area contributed by atoms with Crippen LogP contribution in [0.2, 0.25) is 5.02 Å². The Labute approximate surface area is 115 Å². The maximum atomic E-state index is 12.9. The van der Waals surface area contributed by atoms with Crippen LogP contribution in [-0.2, 0) is 6.54 Å². The third kappa shape index (κ3) is 3.15. The van der Waals surface area contributed by atoms with E-state index in [-0.39, 0.29) is 16.5 Å². The van der Waals surface area contributed by atoms with Gasteiger partial charge in [-0.2, -0.15) is 0 Å². The molecular formula is C14H13ClFNO2. The average molecular weight is 282 g/mol. The van der Waals surface area contributed by atoms with Crippen molar-refractivity contribution in [3.8, 4) is 0 Å². The van der Waals surface area contributed by atoms with Crippen molar-refractivity contribution in [1.82, 2.24) is 5.32 Å². The van der Waals surface area contributed by atoms with Crippen LogP contribution in [0.5, 0.6) is 0 Å². The normalized spacial score (nSPS) is 10.5. The first-order valence-corrected chi connectivity index (χ1v) is 6.14. The van der Waals surface area contributed by atoms with Crippen LogP contribution in [0, 0.1) is 19.7 Å². The maximum absolute atomic E-state index is 12.9. The summed E-state index contributed by atoms with van der Waals surface area (Å²) in [5, 5.41) is 2.82. The van der Waals surface area contributed by atoms with Crippen molar-refractivity contribution in [1.29, 1.82) is 0 Å². The molecule has 19 heavy (non-hydrogen) atoms. The van der Waals surface area contributed by atoms with Gasteiger partial charge in [-0.05, 0) is 38.1 Å². The van der Waals surface area contributed by atoms with Gasteiger partial charge in [0.05, 0.1) is 10.6 Å². The lowest BCUT2D eigenvalue weighted by Crippen LogP contribution is -2.23. The Balaban J connectivity index is 2.07. The Bertz CT molecular complexity index is 622. The molecule has 0 spiro atoms. The number of hydrogen-bond donors (Lipinski definition) is 1. The molecule has 0 unspecified atom stereocenters. The highest BCUT2D eigenvalue weighted by Crippen LogP contribution is 2.18. The van der Waals surface area contributed by atoms with Gasteiger partial charge in [0.1, 0.15) is 17.3 Å². The van der Waals surface area contributed by atoms with Crippen molar-refractivity contribution in [2.75, 3.05) is 0 Å². The Kier molecular flexibility index (Phi) is 3.90. The molecule has 0 atom stereocenters. The molecule has 1 N–H and O–H groups in total. The fraction of sp³-hybridized carbons (Fsp3) is 0.214. The van der Waals surface area contributed by atoms with Crippen LogP contribution >= 0.6 is 11.6 Å². The molecule has 0 aliphatic rings. The van der Waals surface area contributed by atoms with Crippen LogP contribution in [0.25, 0.3) is 0 Å². The molecule has 1 heterocycles. The number of carbonyl (C=O) groups excluding carboxylic acids is 1. The van der Waals surface area contributed by atoms with E-state index >= 15 is 0 Å². The topological polar surface area (TPSA) is 42.2 Å². The molecule has 0 fully saturated rings. The molecule has 2 aromatic rings. The molecule has 0 saturated heterocycles. The minimum atomic E-state index is -0.470. The van der Waals surface area contributed by atoms with Crippen LogP contribution in [0.15, 0.2) is 28.7 Å². The molecule has 1 aromatic carbocycles.